The second kappa shape index (κ2) is 7.56. The Morgan fingerprint density at radius 3 is 2.84 bits per heavy atom. The first kappa shape index (κ1) is 15.2. The quantitative estimate of drug-likeness (QED) is 0.729. The summed E-state index contributed by atoms with van der Waals surface area (Å²) >= 11 is 0. The summed E-state index contributed by atoms with van der Waals surface area (Å²) < 4.78 is 0. The summed E-state index contributed by atoms with van der Waals surface area (Å²) in [5, 5.41) is 0. The van der Waals surface area contributed by atoms with Gasteiger partial charge in [-0.25, -0.2) is 9.97 Å². The molecule has 0 saturated heterocycles. The molecule has 0 aliphatic rings. The van der Waals surface area contributed by atoms with Gasteiger partial charge in [0.25, 0.3) is 0 Å². The highest BCUT2D eigenvalue weighted by Gasteiger charge is 2.17. The van der Waals surface area contributed by atoms with Crippen molar-refractivity contribution in [3.8, 4) is 0 Å². The molecule has 19 heavy (non-hydrogen) atoms. The van der Waals surface area contributed by atoms with Crippen molar-refractivity contribution in [1.29, 1.82) is 0 Å². The smallest absolute Gasteiger partial charge is 0.134 e. The van der Waals surface area contributed by atoms with Crippen molar-refractivity contribution >= 4 is 11.6 Å². The minimum absolute atomic E-state index is 0.231. The summed E-state index contributed by atoms with van der Waals surface area (Å²) in [6.45, 7) is 13.2. The first-order valence-corrected chi connectivity index (χ1v) is 6.72. The van der Waals surface area contributed by atoms with Crippen molar-refractivity contribution in [2.75, 3.05) is 17.2 Å². The van der Waals surface area contributed by atoms with Crippen molar-refractivity contribution in [3.63, 3.8) is 0 Å². The molecule has 0 fully saturated rings. The summed E-state index contributed by atoms with van der Waals surface area (Å²) in [7, 11) is 0. The number of nitrogens with zero attached hydrogens (tertiary/aromatic N) is 3. The monoisotopic (exact) mass is 260 g/mol. The maximum absolute atomic E-state index is 5.74. The van der Waals surface area contributed by atoms with E-state index in [-0.39, 0.29) is 6.04 Å². The van der Waals surface area contributed by atoms with E-state index in [0.717, 1.165) is 31.6 Å². The Morgan fingerprint density at radius 2 is 2.26 bits per heavy atom. The fraction of sp³-hybridized carbons (Fsp3) is 0.467. The van der Waals surface area contributed by atoms with Crippen LogP contribution in [0.25, 0.3) is 0 Å². The highest BCUT2D eigenvalue weighted by molar-refractivity contribution is 5.48. The van der Waals surface area contributed by atoms with Crippen LogP contribution in [0.1, 0.15) is 33.1 Å². The SMILES string of the molecule is C=CCCC(=C)C(C)N(CCC)c1cc(N)ncn1. The van der Waals surface area contributed by atoms with Crippen LogP contribution in [0, 0.1) is 0 Å². The minimum atomic E-state index is 0.231. The normalized spacial score (nSPS) is 11.9. The van der Waals surface area contributed by atoms with Gasteiger partial charge >= 0.3 is 0 Å². The highest BCUT2D eigenvalue weighted by Crippen LogP contribution is 2.21. The zero-order valence-corrected chi connectivity index (χ0v) is 12.0. The second-order valence-corrected chi connectivity index (χ2v) is 4.66. The first-order chi connectivity index (χ1) is 9.10. The molecule has 0 spiro atoms. The lowest BCUT2D eigenvalue weighted by atomic mass is 10.0. The largest absolute Gasteiger partial charge is 0.384 e. The lowest BCUT2D eigenvalue weighted by Crippen LogP contribution is -2.35. The number of hydrogen-bond donors (Lipinski definition) is 1. The Balaban J connectivity index is 2.87. The molecule has 104 valence electrons. The summed E-state index contributed by atoms with van der Waals surface area (Å²) in [6, 6.07) is 2.04. The average molecular weight is 260 g/mol. The third kappa shape index (κ3) is 4.39. The van der Waals surface area contributed by atoms with Gasteiger partial charge in [-0.2, -0.15) is 0 Å². The molecule has 0 radical (unpaired) electrons. The van der Waals surface area contributed by atoms with Gasteiger partial charge in [0, 0.05) is 18.7 Å². The third-order valence-electron chi connectivity index (χ3n) is 3.16. The Hall–Kier alpha value is -1.84. The van der Waals surface area contributed by atoms with Gasteiger partial charge in [0.05, 0.1) is 0 Å². The number of rotatable bonds is 8. The molecule has 0 aromatic carbocycles. The Morgan fingerprint density at radius 1 is 1.53 bits per heavy atom. The van der Waals surface area contributed by atoms with E-state index in [9.17, 15) is 0 Å². The zero-order valence-electron chi connectivity index (χ0n) is 12.0. The van der Waals surface area contributed by atoms with Crippen molar-refractivity contribution < 1.29 is 0 Å². The number of allylic oxidation sites excluding steroid dienone is 1. The lowest BCUT2D eigenvalue weighted by Gasteiger charge is -2.31. The topological polar surface area (TPSA) is 55.0 Å². The van der Waals surface area contributed by atoms with Crippen molar-refractivity contribution in [3.05, 3.63) is 37.2 Å². The van der Waals surface area contributed by atoms with Gasteiger partial charge in [-0.3, -0.25) is 0 Å². The molecule has 4 nitrogen and oxygen atoms in total. The number of nitrogen functional groups attached to an aromatic ring is 1. The Labute approximate surface area is 116 Å². The van der Waals surface area contributed by atoms with E-state index in [1.165, 1.54) is 11.9 Å². The maximum atomic E-state index is 5.74. The van der Waals surface area contributed by atoms with E-state index in [2.05, 4.69) is 41.9 Å². The van der Waals surface area contributed by atoms with Crippen LogP contribution in [0.3, 0.4) is 0 Å². The highest BCUT2D eigenvalue weighted by atomic mass is 15.2. The Kier molecular flexibility index (Phi) is 6.06. The number of hydrogen-bond acceptors (Lipinski definition) is 4. The van der Waals surface area contributed by atoms with Crippen LogP contribution in [0.2, 0.25) is 0 Å². The van der Waals surface area contributed by atoms with Gasteiger partial charge in [0.2, 0.25) is 0 Å². The van der Waals surface area contributed by atoms with Crippen molar-refractivity contribution in [1.82, 2.24) is 9.97 Å². The molecule has 0 amide bonds. The molecule has 0 aliphatic heterocycles. The predicted octanol–water partition coefficient (Wildman–Crippen LogP) is 3.19. The van der Waals surface area contributed by atoms with Crippen LogP contribution in [0.15, 0.2) is 37.2 Å². The van der Waals surface area contributed by atoms with Gasteiger partial charge in [-0.05, 0) is 26.2 Å². The molecule has 0 saturated carbocycles. The summed E-state index contributed by atoms with van der Waals surface area (Å²) in [5.74, 6) is 1.36. The number of anilines is 2. The molecular weight excluding hydrogens is 236 g/mol. The molecule has 1 rings (SSSR count). The predicted molar refractivity (Wildman–Crippen MR) is 82.1 cm³/mol. The van der Waals surface area contributed by atoms with Gasteiger partial charge in [0.15, 0.2) is 0 Å². The molecule has 2 N–H and O–H groups in total. The van der Waals surface area contributed by atoms with E-state index >= 15 is 0 Å². The molecule has 4 heteroatoms. The summed E-state index contributed by atoms with van der Waals surface area (Å²) in [5.41, 5.74) is 6.92. The molecule has 1 atom stereocenters. The fourth-order valence-electron chi connectivity index (χ4n) is 1.98. The van der Waals surface area contributed by atoms with Gasteiger partial charge in [-0.15, -0.1) is 6.58 Å². The molecule has 1 unspecified atom stereocenters. The van der Waals surface area contributed by atoms with Crippen LogP contribution >= 0.6 is 0 Å². The Bertz CT molecular complexity index is 428. The fourth-order valence-corrected chi connectivity index (χ4v) is 1.98. The number of aromatic nitrogens is 2. The zero-order chi connectivity index (χ0) is 14.3. The third-order valence-corrected chi connectivity index (χ3v) is 3.16. The van der Waals surface area contributed by atoms with Gasteiger partial charge < -0.3 is 10.6 Å². The van der Waals surface area contributed by atoms with E-state index in [4.69, 9.17) is 5.73 Å². The van der Waals surface area contributed by atoms with E-state index in [1.807, 2.05) is 12.1 Å². The standard InChI is InChI=1S/C15H24N4/c1-5-7-8-12(3)13(4)19(9-6-2)15-10-14(16)17-11-18-15/h5,10-11,13H,1,3,6-9H2,2,4H3,(H2,16,17,18). The molecule has 1 aromatic heterocycles. The van der Waals surface area contributed by atoms with E-state index in [0.29, 0.717) is 5.82 Å². The molecule has 0 bridgehead atoms. The first-order valence-electron chi connectivity index (χ1n) is 6.72. The van der Waals surface area contributed by atoms with Crippen molar-refractivity contribution in [2.45, 2.75) is 39.2 Å². The van der Waals surface area contributed by atoms with Gasteiger partial charge in [-0.1, -0.05) is 25.2 Å². The molecular formula is C15H24N4. The van der Waals surface area contributed by atoms with E-state index < -0.39 is 0 Å². The molecule has 1 aromatic rings. The number of nitrogens with two attached hydrogens (primary N) is 1. The second-order valence-electron chi connectivity index (χ2n) is 4.66. The summed E-state index contributed by atoms with van der Waals surface area (Å²) in [4.78, 5) is 10.5. The summed E-state index contributed by atoms with van der Waals surface area (Å²) in [6.07, 6.45) is 6.38. The van der Waals surface area contributed by atoms with Crippen LogP contribution in [-0.2, 0) is 0 Å². The van der Waals surface area contributed by atoms with Crippen LogP contribution in [-0.4, -0.2) is 22.6 Å². The van der Waals surface area contributed by atoms with Gasteiger partial charge in [0.1, 0.15) is 18.0 Å². The lowest BCUT2D eigenvalue weighted by molar-refractivity contribution is 0.659. The maximum Gasteiger partial charge on any atom is 0.134 e. The van der Waals surface area contributed by atoms with Crippen LogP contribution in [0.5, 0.6) is 0 Å². The average Bonchev–Trinajstić information content (AvgIpc) is 2.41. The minimum Gasteiger partial charge on any atom is -0.384 e. The van der Waals surface area contributed by atoms with Crippen LogP contribution < -0.4 is 10.6 Å². The molecule has 0 aliphatic carbocycles. The van der Waals surface area contributed by atoms with Crippen molar-refractivity contribution in [2.24, 2.45) is 0 Å². The van der Waals surface area contributed by atoms with Crippen LogP contribution in [0.4, 0.5) is 11.6 Å². The van der Waals surface area contributed by atoms with E-state index in [1.54, 1.807) is 0 Å². The molecule has 1 heterocycles.